The fourth-order valence-electron chi connectivity index (χ4n) is 2.15. The molecule has 0 N–H and O–H groups in total. The van der Waals surface area contributed by atoms with Crippen molar-refractivity contribution in [2.75, 3.05) is 6.16 Å². The zero-order valence-corrected chi connectivity index (χ0v) is 18.8. The molecule has 6 heteroatoms. The van der Waals surface area contributed by atoms with E-state index in [0.717, 1.165) is 12.8 Å². The van der Waals surface area contributed by atoms with Crippen molar-refractivity contribution in [3.05, 3.63) is 0 Å². The Morgan fingerprint density at radius 3 is 1.25 bits per heavy atom. The van der Waals surface area contributed by atoms with Gasteiger partial charge in [0, 0.05) is 0 Å². The minimum Gasteiger partial charge on any atom is -0.811 e. The van der Waals surface area contributed by atoms with Crippen LogP contribution < -0.4 is 68.9 Å². The number of hydrogen-bond acceptors (Lipinski definition) is 3. The molecule has 0 saturated heterocycles. The van der Waals surface area contributed by atoms with E-state index in [1.165, 1.54) is 57.8 Å². The van der Waals surface area contributed by atoms with Crippen molar-refractivity contribution in [1.82, 2.24) is 0 Å². The molecule has 0 aliphatic heterocycles. The summed E-state index contributed by atoms with van der Waals surface area (Å²) in [5, 5.41) is 0. The van der Waals surface area contributed by atoms with E-state index in [1.54, 1.807) is 0 Å². The summed E-state index contributed by atoms with van der Waals surface area (Å²) in [6.07, 6.45) is 14.2. The van der Waals surface area contributed by atoms with Crippen LogP contribution in [0.5, 0.6) is 0 Å². The van der Waals surface area contributed by atoms with Crippen LogP contribution in [0.4, 0.5) is 0 Å². The summed E-state index contributed by atoms with van der Waals surface area (Å²) in [5.41, 5.74) is 0. The molecule has 0 aliphatic carbocycles. The summed E-state index contributed by atoms with van der Waals surface area (Å²) >= 11 is 0. The van der Waals surface area contributed by atoms with Crippen LogP contribution in [0, 0.1) is 0 Å². The Labute approximate surface area is 169 Å². The molecule has 20 heavy (non-hydrogen) atoms. The molecule has 0 aromatic rings. The molecule has 0 atom stereocenters. The second-order valence-electron chi connectivity index (χ2n) is 5.22. The maximum absolute atomic E-state index is 10.4. The Morgan fingerprint density at radius 2 is 0.950 bits per heavy atom. The topological polar surface area (TPSA) is 63.2 Å². The van der Waals surface area contributed by atoms with Crippen molar-refractivity contribution in [2.24, 2.45) is 0 Å². The number of unbranched alkanes of at least 4 members (excludes halogenated alkanes) is 11. The van der Waals surface area contributed by atoms with E-state index in [0.29, 0.717) is 6.42 Å². The van der Waals surface area contributed by atoms with Gasteiger partial charge in [-0.15, -0.1) is 0 Å². The molecule has 0 aromatic carbocycles. The van der Waals surface area contributed by atoms with E-state index >= 15 is 0 Å². The van der Waals surface area contributed by atoms with Gasteiger partial charge >= 0.3 is 59.1 Å². The maximum atomic E-state index is 10.4. The second kappa shape index (κ2) is 19.2. The normalized spacial score (nSPS) is 10.8. The smallest absolute Gasteiger partial charge is 0.811 e. The first-order chi connectivity index (χ1) is 8.56. The first kappa shape index (κ1) is 27.0. The summed E-state index contributed by atoms with van der Waals surface area (Å²) in [7, 11) is -4.25. The molecular weight excluding hydrogens is 293 g/mol. The number of hydrogen-bond donors (Lipinski definition) is 0. The molecule has 0 rings (SSSR count). The maximum Gasteiger partial charge on any atom is 1.00 e. The zero-order chi connectivity index (χ0) is 13.7. The Balaban J connectivity index is -0.00000144. The fraction of sp³-hybridized carbons (Fsp3) is 1.00. The molecule has 0 heterocycles. The third-order valence-corrected chi connectivity index (χ3v) is 4.15. The van der Waals surface area contributed by atoms with Gasteiger partial charge in [-0.1, -0.05) is 85.1 Å². The molecule has 3 nitrogen and oxygen atoms in total. The van der Waals surface area contributed by atoms with Gasteiger partial charge in [0.25, 0.3) is 0 Å². The summed E-state index contributed by atoms with van der Waals surface area (Å²) in [4.78, 5) is 20.8. The van der Waals surface area contributed by atoms with Crippen LogP contribution in [-0.2, 0) is 4.57 Å². The van der Waals surface area contributed by atoms with Gasteiger partial charge in [0.1, 0.15) is 0 Å². The predicted molar refractivity (Wildman–Crippen MR) is 73.6 cm³/mol. The van der Waals surface area contributed by atoms with Gasteiger partial charge in [-0.2, -0.15) is 0 Å². The molecular formula is C14H29Na2O3P. The zero-order valence-electron chi connectivity index (χ0n) is 13.9. The van der Waals surface area contributed by atoms with Crippen LogP contribution in [0.2, 0.25) is 0 Å². The Morgan fingerprint density at radius 1 is 0.650 bits per heavy atom. The van der Waals surface area contributed by atoms with Crippen LogP contribution in [0.15, 0.2) is 0 Å². The molecule has 0 aliphatic rings. The fourth-order valence-corrected chi connectivity index (χ4v) is 2.76. The summed E-state index contributed by atoms with van der Waals surface area (Å²) in [5.74, 6) is 0. The van der Waals surface area contributed by atoms with Gasteiger partial charge in [0.15, 0.2) is 0 Å². The van der Waals surface area contributed by atoms with Crippen molar-refractivity contribution in [3.8, 4) is 0 Å². The number of rotatable bonds is 13. The van der Waals surface area contributed by atoms with Gasteiger partial charge in [0.05, 0.1) is 0 Å². The summed E-state index contributed by atoms with van der Waals surface area (Å²) in [6, 6.07) is 0. The predicted octanol–water partition coefficient (Wildman–Crippen LogP) is -2.39. The van der Waals surface area contributed by atoms with Gasteiger partial charge in [-0.25, -0.2) is 0 Å². The molecule has 0 bridgehead atoms. The minimum atomic E-state index is -4.25. The molecule has 0 aromatic heterocycles. The van der Waals surface area contributed by atoms with Gasteiger partial charge in [-0.3, -0.25) is 0 Å². The molecule has 0 saturated carbocycles. The van der Waals surface area contributed by atoms with Crippen LogP contribution >= 0.6 is 7.60 Å². The van der Waals surface area contributed by atoms with E-state index in [4.69, 9.17) is 0 Å². The van der Waals surface area contributed by atoms with Gasteiger partial charge in [-0.05, 0) is 12.6 Å². The molecule has 0 fully saturated rings. The molecule has 0 spiro atoms. The van der Waals surface area contributed by atoms with E-state index in [9.17, 15) is 14.4 Å². The van der Waals surface area contributed by atoms with Crippen molar-refractivity contribution >= 4 is 7.60 Å². The molecule has 0 amide bonds. The monoisotopic (exact) mass is 322 g/mol. The van der Waals surface area contributed by atoms with Gasteiger partial charge in [0.2, 0.25) is 0 Å². The largest absolute Gasteiger partial charge is 1.00 e. The SMILES string of the molecule is CCCCCCCCCCCCCCP(=O)([O-])[O-].[Na+].[Na+]. The standard InChI is InChI=1S/C14H31O3P.2Na/c1-2-3-4-5-6-7-8-9-10-11-12-13-14-18(15,16)17;;/h2-14H2,1H3,(H2,15,16,17);;/q;2*+1/p-2. The minimum absolute atomic E-state index is 0. The molecule has 0 unspecified atom stereocenters. The molecule has 0 radical (unpaired) electrons. The van der Waals surface area contributed by atoms with E-state index in [1.807, 2.05) is 0 Å². The van der Waals surface area contributed by atoms with Crippen molar-refractivity contribution < 1.29 is 73.5 Å². The van der Waals surface area contributed by atoms with Crippen LogP contribution in [0.3, 0.4) is 0 Å². The summed E-state index contributed by atoms with van der Waals surface area (Å²) in [6.45, 7) is 2.23. The van der Waals surface area contributed by atoms with Crippen LogP contribution in [0.1, 0.15) is 84.0 Å². The van der Waals surface area contributed by atoms with Crippen LogP contribution in [0.25, 0.3) is 0 Å². The van der Waals surface area contributed by atoms with E-state index in [-0.39, 0.29) is 65.3 Å². The quantitative estimate of drug-likeness (QED) is 0.216. The second-order valence-corrected chi connectivity index (χ2v) is 6.89. The summed E-state index contributed by atoms with van der Waals surface area (Å²) < 4.78 is 10.4. The first-order valence-electron chi connectivity index (χ1n) is 7.57. The average molecular weight is 322 g/mol. The first-order valence-corrected chi connectivity index (χ1v) is 9.30. The van der Waals surface area contributed by atoms with Crippen molar-refractivity contribution in [1.29, 1.82) is 0 Å². The van der Waals surface area contributed by atoms with Gasteiger partial charge < -0.3 is 14.4 Å². The van der Waals surface area contributed by atoms with Crippen LogP contribution in [-0.4, -0.2) is 6.16 Å². The van der Waals surface area contributed by atoms with E-state index in [2.05, 4.69) is 6.92 Å². The third-order valence-electron chi connectivity index (χ3n) is 3.29. The Hall–Kier alpha value is 2.15. The third kappa shape index (κ3) is 25.1. The Kier molecular flexibility index (Phi) is 25.9. The Bertz CT molecular complexity index is 222. The molecule has 110 valence electrons. The average Bonchev–Trinajstić information content (AvgIpc) is 2.29. The van der Waals surface area contributed by atoms with Crippen molar-refractivity contribution in [3.63, 3.8) is 0 Å². The van der Waals surface area contributed by atoms with Crippen molar-refractivity contribution in [2.45, 2.75) is 84.0 Å². The van der Waals surface area contributed by atoms with E-state index < -0.39 is 7.60 Å².